The lowest BCUT2D eigenvalue weighted by molar-refractivity contribution is 0.0931. The van der Waals surface area contributed by atoms with Crippen molar-refractivity contribution in [1.82, 2.24) is 15.1 Å². The number of methoxy groups -OCH3 is 1. The number of ether oxygens (including phenoxy) is 3. The van der Waals surface area contributed by atoms with Crippen LogP contribution in [0.1, 0.15) is 48.8 Å². The number of rotatable bonds is 5. The van der Waals surface area contributed by atoms with Gasteiger partial charge in [-0.05, 0) is 29.0 Å². The van der Waals surface area contributed by atoms with Gasteiger partial charge in [0.25, 0.3) is 5.91 Å². The molecule has 2 aliphatic rings. The molecule has 172 valence electrons. The Morgan fingerprint density at radius 3 is 2.79 bits per heavy atom. The van der Waals surface area contributed by atoms with Gasteiger partial charge in [-0.2, -0.15) is 16.4 Å². The highest BCUT2D eigenvalue weighted by Gasteiger charge is 2.32. The molecule has 33 heavy (non-hydrogen) atoms. The summed E-state index contributed by atoms with van der Waals surface area (Å²) < 4.78 is 19.4. The van der Waals surface area contributed by atoms with E-state index < -0.39 is 0 Å². The summed E-state index contributed by atoms with van der Waals surface area (Å²) in [5, 5.41) is 11.8. The average Bonchev–Trinajstić information content (AvgIpc) is 3.56. The van der Waals surface area contributed by atoms with Gasteiger partial charge in [-0.25, -0.2) is 4.68 Å². The van der Waals surface area contributed by atoms with Gasteiger partial charge >= 0.3 is 0 Å². The second kappa shape index (κ2) is 8.26. The van der Waals surface area contributed by atoms with Gasteiger partial charge in [0.05, 0.1) is 30.7 Å². The summed E-state index contributed by atoms with van der Waals surface area (Å²) in [6.07, 6.45) is 2.93. The maximum absolute atomic E-state index is 13.1. The minimum absolute atomic E-state index is 0.0325. The van der Waals surface area contributed by atoms with Crippen molar-refractivity contribution in [1.29, 1.82) is 0 Å². The number of aromatic nitrogens is 2. The molecule has 0 radical (unpaired) electrons. The zero-order chi connectivity index (χ0) is 23.2. The van der Waals surface area contributed by atoms with Crippen molar-refractivity contribution in [2.75, 3.05) is 20.3 Å². The maximum Gasteiger partial charge on any atom is 0.272 e. The molecule has 1 amide bonds. The molecule has 0 atom stereocenters. The van der Waals surface area contributed by atoms with E-state index in [1.807, 2.05) is 33.6 Å². The van der Waals surface area contributed by atoms with Crippen molar-refractivity contribution in [3.63, 3.8) is 0 Å². The summed E-state index contributed by atoms with van der Waals surface area (Å²) in [6, 6.07) is 5.90. The van der Waals surface area contributed by atoms with E-state index in [0.29, 0.717) is 30.3 Å². The van der Waals surface area contributed by atoms with E-state index in [1.54, 1.807) is 18.4 Å². The van der Waals surface area contributed by atoms with Gasteiger partial charge in [0, 0.05) is 35.5 Å². The number of nitrogens with zero attached hydrogens (tertiary/aromatic N) is 2. The van der Waals surface area contributed by atoms with E-state index in [1.165, 1.54) is 0 Å². The summed E-state index contributed by atoms with van der Waals surface area (Å²) in [6.45, 7) is 7.72. The summed E-state index contributed by atoms with van der Waals surface area (Å²) in [4.78, 5) is 13.1. The van der Waals surface area contributed by atoms with Gasteiger partial charge in [0.2, 0.25) is 0 Å². The molecule has 1 aromatic carbocycles. The van der Waals surface area contributed by atoms with Gasteiger partial charge in [0.1, 0.15) is 23.9 Å². The van der Waals surface area contributed by atoms with E-state index in [2.05, 4.69) is 32.2 Å². The Morgan fingerprint density at radius 2 is 2.12 bits per heavy atom. The Kier molecular flexibility index (Phi) is 5.40. The van der Waals surface area contributed by atoms with Crippen LogP contribution in [-0.4, -0.2) is 35.9 Å². The van der Waals surface area contributed by atoms with Crippen molar-refractivity contribution in [2.45, 2.75) is 33.8 Å². The molecule has 1 N–H and O–H groups in total. The highest BCUT2D eigenvalue weighted by Crippen LogP contribution is 2.45. The SMILES string of the molecule is COc1cc2c(cc1C1=CCCO1)-c1c(c(C(=O)NCC(C)(C)C)nn1-c1ccsc1)CO2. The molecule has 0 saturated heterocycles. The van der Waals surface area contributed by atoms with Crippen molar-refractivity contribution in [2.24, 2.45) is 5.41 Å². The number of nitrogens with one attached hydrogen (secondary N) is 1. The van der Waals surface area contributed by atoms with Crippen LogP contribution in [0, 0.1) is 5.41 Å². The topological polar surface area (TPSA) is 74.6 Å². The second-order valence-corrected chi connectivity index (χ2v) is 10.1. The van der Waals surface area contributed by atoms with Crippen LogP contribution in [0.3, 0.4) is 0 Å². The molecule has 5 rings (SSSR count). The molecule has 0 fully saturated rings. The van der Waals surface area contributed by atoms with Crippen molar-refractivity contribution < 1.29 is 19.0 Å². The fourth-order valence-electron chi connectivity index (χ4n) is 4.02. The Bertz CT molecular complexity index is 1240. The third-order valence-electron chi connectivity index (χ3n) is 5.63. The lowest BCUT2D eigenvalue weighted by atomic mass is 9.96. The third-order valence-corrected chi connectivity index (χ3v) is 6.30. The molecular weight excluding hydrogens is 438 g/mol. The number of fused-ring (bicyclic) bond motifs is 3. The molecule has 8 heteroatoms. The first-order valence-corrected chi connectivity index (χ1v) is 11.9. The fourth-order valence-corrected chi connectivity index (χ4v) is 4.64. The number of hydrogen-bond donors (Lipinski definition) is 1. The Morgan fingerprint density at radius 1 is 1.27 bits per heavy atom. The predicted octanol–water partition coefficient (Wildman–Crippen LogP) is 5.04. The van der Waals surface area contributed by atoms with Crippen LogP contribution in [0.4, 0.5) is 0 Å². The van der Waals surface area contributed by atoms with E-state index >= 15 is 0 Å². The number of hydrogen-bond acceptors (Lipinski definition) is 6. The van der Waals surface area contributed by atoms with E-state index in [4.69, 9.17) is 19.3 Å². The van der Waals surface area contributed by atoms with Gasteiger partial charge in [-0.1, -0.05) is 20.8 Å². The van der Waals surface area contributed by atoms with E-state index in [-0.39, 0.29) is 17.9 Å². The van der Waals surface area contributed by atoms with E-state index in [0.717, 1.165) is 40.3 Å². The number of thiophene rings is 1. The van der Waals surface area contributed by atoms with Gasteiger partial charge in [-0.15, -0.1) is 0 Å². The van der Waals surface area contributed by atoms with Gasteiger partial charge < -0.3 is 19.5 Å². The number of carbonyl (C=O) groups is 1. The largest absolute Gasteiger partial charge is 0.496 e. The molecule has 3 aromatic rings. The summed E-state index contributed by atoms with van der Waals surface area (Å²) >= 11 is 1.59. The molecule has 2 aliphatic heterocycles. The number of benzene rings is 1. The normalized spacial score (nSPS) is 14.6. The molecule has 0 bridgehead atoms. The molecule has 0 saturated carbocycles. The Balaban J connectivity index is 1.66. The molecule has 2 aromatic heterocycles. The van der Waals surface area contributed by atoms with E-state index in [9.17, 15) is 4.79 Å². The highest BCUT2D eigenvalue weighted by atomic mass is 32.1. The van der Waals surface area contributed by atoms with Crippen molar-refractivity contribution in [3.05, 3.63) is 51.9 Å². The molecular formula is C25H27N3O4S. The van der Waals surface area contributed by atoms with Crippen LogP contribution in [0.2, 0.25) is 0 Å². The first kappa shape index (κ1) is 21.6. The zero-order valence-electron chi connectivity index (χ0n) is 19.2. The lowest BCUT2D eigenvalue weighted by Crippen LogP contribution is -2.33. The monoisotopic (exact) mass is 465 g/mol. The minimum atomic E-state index is -0.197. The second-order valence-electron chi connectivity index (χ2n) is 9.36. The maximum atomic E-state index is 13.1. The molecule has 7 nitrogen and oxygen atoms in total. The zero-order valence-corrected chi connectivity index (χ0v) is 20.0. The van der Waals surface area contributed by atoms with Crippen molar-refractivity contribution in [3.8, 4) is 28.4 Å². The Labute approximate surface area is 197 Å². The number of carbonyl (C=O) groups excluding carboxylic acids is 1. The Hall–Kier alpha value is -3.26. The summed E-state index contributed by atoms with van der Waals surface area (Å²) in [5.74, 6) is 1.99. The van der Waals surface area contributed by atoms with Crippen LogP contribution in [-0.2, 0) is 11.3 Å². The third kappa shape index (κ3) is 3.99. The van der Waals surface area contributed by atoms with Crippen LogP contribution in [0.5, 0.6) is 11.5 Å². The molecule has 0 spiro atoms. The molecule has 4 heterocycles. The standard InChI is InChI=1S/C25H27N3O4S/c1-25(2,3)14-26-24(29)22-18-12-32-21-11-20(30-4)16(19-6-5-8-31-19)10-17(21)23(18)28(27-22)15-7-9-33-13-15/h6-7,9-11,13H,5,8,12,14H2,1-4H3,(H,26,29). The first-order valence-electron chi connectivity index (χ1n) is 11.0. The first-order chi connectivity index (χ1) is 15.9. The summed E-state index contributed by atoms with van der Waals surface area (Å²) in [7, 11) is 1.64. The average molecular weight is 466 g/mol. The lowest BCUT2D eigenvalue weighted by Gasteiger charge is -2.22. The van der Waals surface area contributed by atoms with Gasteiger partial charge in [0.15, 0.2) is 5.69 Å². The van der Waals surface area contributed by atoms with Crippen LogP contribution in [0.15, 0.2) is 35.0 Å². The summed E-state index contributed by atoms with van der Waals surface area (Å²) in [5.41, 5.74) is 4.62. The van der Waals surface area contributed by atoms with Crippen LogP contribution < -0.4 is 14.8 Å². The fraction of sp³-hybridized carbons (Fsp3) is 0.360. The highest BCUT2D eigenvalue weighted by molar-refractivity contribution is 7.08. The molecule has 0 aliphatic carbocycles. The van der Waals surface area contributed by atoms with Crippen molar-refractivity contribution >= 4 is 23.0 Å². The quantitative estimate of drug-likeness (QED) is 0.572. The molecule has 0 unspecified atom stereocenters. The van der Waals surface area contributed by atoms with Crippen LogP contribution in [0.25, 0.3) is 22.7 Å². The predicted molar refractivity (Wildman–Crippen MR) is 128 cm³/mol. The van der Waals surface area contributed by atoms with Gasteiger partial charge in [-0.3, -0.25) is 4.79 Å². The van der Waals surface area contributed by atoms with Crippen LogP contribution >= 0.6 is 11.3 Å². The smallest absolute Gasteiger partial charge is 0.272 e. The minimum Gasteiger partial charge on any atom is -0.496 e. The number of amides is 1.